The third-order valence-electron chi connectivity index (χ3n) is 4.69. The fourth-order valence-corrected chi connectivity index (χ4v) is 5.06. The van der Waals surface area contributed by atoms with Crippen molar-refractivity contribution in [2.75, 3.05) is 38.2 Å². The Morgan fingerprint density at radius 2 is 1.69 bits per heavy atom. The lowest BCUT2D eigenvalue weighted by Gasteiger charge is -2.36. The largest absolute Gasteiger partial charge is 0.495 e. The van der Waals surface area contributed by atoms with Gasteiger partial charge in [0.15, 0.2) is 0 Å². The van der Waals surface area contributed by atoms with Crippen LogP contribution in [0, 0.1) is 13.8 Å². The Kier molecular flexibility index (Phi) is 5.46. The van der Waals surface area contributed by atoms with Crippen molar-refractivity contribution in [1.29, 1.82) is 0 Å². The van der Waals surface area contributed by atoms with Crippen molar-refractivity contribution in [3.8, 4) is 5.75 Å². The summed E-state index contributed by atoms with van der Waals surface area (Å²) in [5.41, 5.74) is 3.56. The Hall–Kier alpha value is -1.76. The molecule has 5 nitrogen and oxygen atoms in total. The second-order valence-corrected chi connectivity index (χ2v) is 8.82. The molecule has 0 aromatic heterocycles. The predicted molar refractivity (Wildman–Crippen MR) is 105 cm³/mol. The number of benzene rings is 2. The first-order valence-electron chi connectivity index (χ1n) is 8.49. The molecule has 7 heteroatoms. The Balaban J connectivity index is 1.81. The average Bonchev–Trinajstić information content (AvgIpc) is 2.64. The third kappa shape index (κ3) is 3.68. The zero-order valence-electron chi connectivity index (χ0n) is 15.2. The summed E-state index contributed by atoms with van der Waals surface area (Å²) in [6, 6.07) is 11.0. The van der Waals surface area contributed by atoms with Crippen LogP contribution in [0.5, 0.6) is 5.75 Å². The summed E-state index contributed by atoms with van der Waals surface area (Å²) in [5, 5.41) is 0.374. The maximum absolute atomic E-state index is 13.1. The Morgan fingerprint density at radius 1 is 1.00 bits per heavy atom. The van der Waals surface area contributed by atoms with Crippen LogP contribution in [0.15, 0.2) is 41.3 Å². The predicted octanol–water partition coefficient (Wildman–Crippen LogP) is 3.48. The van der Waals surface area contributed by atoms with E-state index in [9.17, 15) is 8.42 Å². The van der Waals surface area contributed by atoms with E-state index >= 15 is 0 Å². The number of hydrogen-bond acceptors (Lipinski definition) is 4. The first-order valence-corrected chi connectivity index (χ1v) is 10.3. The van der Waals surface area contributed by atoms with Crippen molar-refractivity contribution in [1.82, 2.24) is 4.31 Å². The maximum Gasteiger partial charge on any atom is 0.246 e. The number of hydrogen-bond donors (Lipinski definition) is 0. The Morgan fingerprint density at radius 3 is 2.35 bits per heavy atom. The lowest BCUT2D eigenvalue weighted by molar-refractivity contribution is 0.374. The standard InChI is InChI=1S/C19H23ClN2O3S/c1-14-4-5-15(2)17(12-14)21-8-10-22(11-9-21)26(23,24)19-13-16(20)6-7-18(19)25-3/h4-7,12-13H,8-11H2,1-3H3. The second kappa shape index (κ2) is 7.47. The SMILES string of the molecule is COc1ccc(Cl)cc1S(=O)(=O)N1CCN(c2cc(C)ccc2C)CC1. The third-order valence-corrected chi connectivity index (χ3v) is 6.84. The lowest BCUT2D eigenvalue weighted by atomic mass is 10.1. The van der Waals surface area contributed by atoms with Crippen LogP contribution in [0.3, 0.4) is 0 Å². The van der Waals surface area contributed by atoms with Crippen LogP contribution in [0.25, 0.3) is 0 Å². The summed E-state index contributed by atoms with van der Waals surface area (Å²) in [6.07, 6.45) is 0. The zero-order chi connectivity index (χ0) is 18.9. The molecule has 0 aliphatic carbocycles. The van der Waals surface area contributed by atoms with E-state index in [0.717, 1.165) is 0 Å². The zero-order valence-corrected chi connectivity index (χ0v) is 16.8. The van der Waals surface area contributed by atoms with E-state index in [0.29, 0.717) is 37.0 Å². The number of aryl methyl sites for hydroxylation is 2. The van der Waals surface area contributed by atoms with Gasteiger partial charge in [-0.15, -0.1) is 0 Å². The molecule has 0 bridgehead atoms. The fourth-order valence-electron chi connectivity index (χ4n) is 3.22. The van der Waals surface area contributed by atoms with Gasteiger partial charge in [-0.2, -0.15) is 4.31 Å². The number of halogens is 1. The van der Waals surface area contributed by atoms with Crippen LogP contribution in [-0.2, 0) is 10.0 Å². The van der Waals surface area contributed by atoms with Crippen molar-refractivity contribution in [3.05, 3.63) is 52.5 Å². The molecule has 0 radical (unpaired) electrons. The number of anilines is 1. The van der Waals surface area contributed by atoms with Gasteiger partial charge in [-0.1, -0.05) is 23.7 Å². The first-order chi connectivity index (χ1) is 12.3. The number of methoxy groups -OCH3 is 1. The van der Waals surface area contributed by atoms with Gasteiger partial charge < -0.3 is 9.64 Å². The van der Waals surface area contributed by atoms with Crippen LogP contribution in [0.2, 0.25) is 5.02 Å². The van der Waals surface area contributed by atoms with Gasteiger partial charge in [0.1, 0.15) is 10.6 Å². The van der Waals surface area contributed by atoms with E-state index < -0.39 is 10.0 Å². The quantitative estimate of drug-likeness (QED) is 0.796. The topological polar surface area (TPSA) is 49.9 Å². The summed E-state index contributed by atoms with van der Waals surface area (Å²) < 4.78 is 32.8. The number of sulfonamides is 1. The Labute approximate surface area is 160 Å². The monoisotopic (exact) mass is 394 g/mol. The highest BCUT2D eigenvalue weighted by Gasteiger charge is 2.31. The molecule has 0 atom stereocenters. The summed E-state index contributed by atoms with van der Waals surface area (Å²) >= 11 is 6.01. The van der Waals surface area contributed by atoms with Gasteiger partial charge in [0.2, 0.25) is 10.0 Å². The van der Waals surface area contributed by atoms with Gasteiger partial charge in [0, 0.05) is 36.9 Å². The minimum atomic E-state index is -3.65. The normalized spacial score (nSPS) is 15.9. The average molecular weight is 395 g/mol. The van der Waals surface area contributed by atoms with Gasteiger partial charge in [-0.05, 0) is 49.2 Å². The Bertz CT molecular complexity index is 907. The summed E-state index contributed by atoms with van der Waals surface area (Å²) in [7, 11) is -2.19. The molecule has 1 aliphatic heterocycles. The van der Waals surface area contributed by atoms with Crippen LogP contribution < -0.4 is 9.64 Å². The molecule has 140 valence electrons. The van der Waals surface area contributed by atoms with Crippen molar-refractivity contribution in [2.45, 2.75) is 18.7 Å². The maximum atomic E-state index is 13.1. The van der Waals surface area contributed by atoms with E-state index in [2.05, 4.69) is 36.9 Å². The smallest absolute Gasteiger partial charge is 0.246 e. The van der Waals surface area contributed by atoms with Crippen LogP contribution in [0.1, 0.15) is 11.1 Å². The van der Waals surface area contributed by atoms with Gasteiger partial charge >= 0.3 is 0 Å². The van der Waals surface area contributed by atoms with E-state index in [-0.39, 0.29) is 4.90 Å². The first kappa shape index (κ1) is 19.0. The molecule has 0 amide bonds. The second-order valence-electron chi connectivity index (χ2n) is 6.48. The van der Waals surface area contributed by atoms with Crippen LogP contribution in [0.4, 0.5) is 5.69 Å². The molecule has 2 aromatic carbocycles. The minimum Gasteiger partial charge on any atom is -0.495 e. The number of piperazine rings is 1. The molecule has 1 fully saturated rings. The molecule has 1 saturated heterocycles. The molecule has 0 N–H and O–H groups in total. The molecular formula is C19H23ClN2O3S. The molecule has 0 saturated carbocycles. The van der Waals surface area contributed by atoms with Crippen molar-refractivity contribution >= 4 is 27.3 Å². The summed E-state index contributed by atoms with van der Waals surface area (Å²) in [4.78, 5) is 2.36. The molecule has 0 spiro atoms. The number of ether oxygens (including phenoxy) is 1. The van der Waals surface area contributed by atoms with Gasteiger partial charge in [0.25, 0.3) is 0 Å². The van der Waals surface area contributed by atoms with Crippen LogP contribution in [-0.4, -0.2) is 46.0 Å². The van der Waals surface area contributed by atoms with Gasteiger partial charge in [-0.25, -0.2) is 8.42 Å². The highest BCUT2D eigenvalue weighted by atomic mass is 35.5. The molecule has 1 aliphatic rings. The summed E-state index contributed by atoms with van der Waals surface area (Å²) in [6.45, 7) is 6.28. The highest BCUT2D eigenvalue weighted by molar-refractivity contribution is 7.89. The molecule has 3 rings (SSSR count). The van der Waals surface area contributed by atoms with Crippen molar-refractivity contribution in [2.24, 2.45) is 0 Å². The van der Waals surface area contributed by atoms with Crippen molar-refractivity contribution in [3.63, 3.8) is 0 Å². The number of rotatable bonds is 4. The fraction of sp³-hybridized carbons (Fsp3) is 0.368. The van der Waals surface area contributed by atoms with Crippen molar-refractivity contribution < 1.29 is 13.2 Å². The van der Waals surface area contributed by atoms with E-state index in [1.165, 1.54) is 34.3 Å². The number of nitrogens with zero attached hydrogens (tertiary/aromatic N) is 2. The van der Waals surface area contributed by atoms with Crippen LogP contribution >= 0.6 is 11.6 Å². The lowest BCUT2D eigenvalue weighted by Crippen LogP contribution is -2.48. The van der Waals surface area contributed by atoms with Gasteiger partial charge in [-0.3, -0.25) is 0 Å². The molecular weight excluding hydrogens is 372 g/mol. The molecule has 26 heavy (non-hydrogen) atoms. The van der Waals surface area contributed by atoms with E-state index in [1.807, 2.05) is 0 Å². The molecule has 1 heterocycles. The minimum absolute atomic E-state index is 0.118. The van der Waals surface area contributed by atoms with Gasteiger partial charge in [0.05, 0.1) is 7.11 Å². The summed E-state index contributed by atoms with van der Waals surface area (Å²) in [5.74, 6) is 0.311. The molecule has 2 aromatic rings. The highest BCUT2D eigenvalue weighted by Crippen LogP contribution is 2.31. The van der Waals surface area contributed by atoms with E-state index in [1.54, 1.807) is 12.1 Å². The molecule has 0 unspecified atom stereocenters. The van der Waals surface area contributed by atoms with E-state index in [4.69, 9.17) is 16.3 Å².